The van der Waals surface area contributed by atoms with E-state index >= 15 is 0 Å². The van der Waals surface area contributed by atoms with E-state index in [-0.39, 0.29) is 5.97 Å². The van der Waals surface area contributed by atoms with Crippen LogP contribution in [-0.2, 0) is 41.2 Å². The van der Waals surface area contributed by atoms with E-state index in [1.54, 1.807) is 18.3 Å². The van der Waals surface area contributed by atoms with Crippen molar-refractivity contribution in [1.29, 1.82) is 0 Å². The SMILES string of the molecule is COC(=O)c1ccc(/C=C/c2cc3c(cc2Cn2cccn2)C(C)(C)[C@@H](OC(C)=O)[C@@H](OC(C)=O)C3(C)C)cc1. The number of fused-ring (bicyclic) bond motifs is 1. The molecule has 0 N–H and O–H groups in total. The fourth-order valence-corrected chi connectivity index (χ4v) is 5.46. The van der Waals surface area contributed by atoms with E-state index in [1.807, 2.05) is 68.9 Å². The Morgan fingerprint density at radius 2 is 1.48 bits per heavy atom. The van der Waals surface area contributed by atoms with Crippen LogP contribution in [0.25, 0.3) is 12.2 Å². The van der Waals surface area contributed by atoms with Crippen molar-refractivity contribution in [2.24, 2.45) is 0 Å². The fraction of sp³-hybridized carbons (Fsp3) is 0.375. The molecule has 0 fully saturated rings. The highest BCUT2D eigenvalue weighted by atomic mass is 16.6. The molecule has 0 saturated heterocycles. The molecule has 2 atom stereocenters. The van der Waals surface area contributed by atoms with Gasteiger partial charge in [0.2, 0.25) is 0 Å². The summed E-state index contributed by atoms with van der Waals surface area (Å²) in [6, 6.07) is 13.4. The molecule has 0 unspecified atom stereocenters. The Morgan fingerprint density at radius 1 is 0.900 bits per heavy atom. The second-order valence-electron chi connectivity index (χ2n) is 11.3. The van der Waals surface area contributed by atoms with E-state index in [2.05, 4.69) is 17.2 Å². The van der Waals surface area contributed by atoms with Crippen LogP contribution in [0.5, 0.6) is 0 Å². The van der Waals surface area contributed by atoms with Crippen molar-refractivity contribution in [3.05, 3.63) is 88.2 Å². The maximum absolute atomic E-state index is 12.2. The lowest BCUT2D eigenvalue weighted by molar-refractivity contribution is -0.179. The van der Waals surface area contributed by atoms with Crippen molar-refractivity contribution in [1.82, 2.24) is 9.78 Å². The third-order valence-corrected chi connectivity index (χ3v) is 7.63. The predicted molar refractivity (Wildman–Crippen MR) is 152 cm³/mol. The van der Waals surface area contributed by atoms with Crippen LogP contribution in [0, 0.1) is 0 Å². The van der Waals surface area contributed by atoms with Crippen LogP contribution in [0.3, 0.4) is 0 Å². The quantitative estimate of drug-likeness (QED) is 0.226. The van der Waals surface area contributed by atoms with Crippen LogP contribution in [-0.4, -0.2) is 47.0 Å². The molecule has 4 rings (SSSR count). The zero-order valence-corrected chi connectivity index (χ0v) is 24.1. The van der Waals surface area contributed by atoms with Gasteiger partial charge in [0, 0.05) is 37.1 Å². The number of hydrogen-bond donors (Lipinski definition) is 0. The first-order valence-electron chi connectivity index (χ1n) is 13.2. The molecule has 1 aliphatic carbocycles. The topological polar surface area (TPSA) is 96.7 Å². The number of carbonyl (C=O) groups is 3. The third-order valence-electron chi connectivity index (χ3n) is 7.63. The van der Waals surface area contributed by atoms with Gasteiger partial charge < -0.3 is 14.2 Å². The van der Waals surface area contributed by atoms with Crippen LogP contribution < -0.4 is 0 Å². The number of methoxy groups -OCH3 is 1. The Morgan fingerprint density at radius 3 is 1.98 bits per heavy atom. The molecule has 2 aromatic carbocycles. The Balaban J connectivity index is 1.86. The Labute approximate surface area is 234 Å². The summed E-state index contributed by atoms with van der Waals surface area (Å²) in [6.45, 7) is 11.3. The first-order valence-corrected chi connectivity index (χ1v) is 13.2. The summed E-state index contributed by atoms with van der Waals surface area (Å²) in [4.78, 5) is 36.2. The molecule has 8 heteroatoms. The molecule has 0 spiro atoms. The zero-order chi connectivity index (χ0) is 29.2. The summed E-state index contributed by atoms with van der Waals surface area (Å²) in [5.74, 6) is -1.24. The van der Waals surface area contributed by atoms with Gasteiger partial charge in [0.25, 0.3) is 0 Å². The highest BCUT2D eigenvalue weighted by Crippen LogP contribution is 2.49. The van der Waals surface area contributed by atoms with E-state index in [1.165, 1.54) is 21.0 Å². The monoisotopic (exact) mass is 544 g/mol. The molecule has 1 aromatic heterocycles. The van der Waals surface area contributed by atoms with Gasteiger partial charge in [-0.15, -0.1) is 0 Å². The molecule has 1 aliphatic rings. The highest BCUT2D eigenvalue weighted by Gasteiger charge is 2.55. The first kappa shape index (κ1) is 28.8. The largest absolute Gasteiger partial charge is 0.465 e. The van der Waals surface area contributed by atoms with Crippen molar-refractivity contribution < 1.29 is 28.6 Å². The lowest BCUT2D eigenvalue weighted by Gasteiger charge is -2.51. The zero-order valence-electron chi connectivity index (χ0n) is 24.1. The molecule has 3 aromatic rings. The lowest BCUT2D eigenvalue weighted by atomic mass is 9.59. The Kier molecular flexibility index (Phi) is 8.00. The van der Waals surface area contributed by atoms with Gasteiger partial charge in [-0.2, -0.15) is 5.10 Å². The van der Waals surface area contributed by atoms with Gasteiger partial charge in [-0.1, -0.05) is 64.1 Å². The maximum Gasteiger partial charge on any atom is 0.337 e. The summed E-state index contributed by atoms with van der Waals surface area (Å²) in [5, 5.41) is 4.40. The molecule has 0 saturated carbocycles. The van der Waals surface area contributed by atoms with Gasteiger partial charge in [-0.05, 0) is 46.0 Å². The Bertz CT molecular complexity index is 1430. The molecule has 0 aliphatic heterocycles. The van der Waals surface area contributed by atoms with Crippen molar-refractivity contribution in [3.63, 3.8) is 0 Å². The van der Waals surface area contributed by atoms with Crippen molar-refractivity contribution in [3.8, 4) is 0 Å². The molecular weight excluding hydrogens is 508 g/mol. The minimum absolute atomic E-state index is 0.383. The van der Waals surface area contributed by atoms with Crippen LogP contribution >= 0.6 is 0 Å². The molecule has 0 amide bonds. The number of hydrogen-bond acceptors (Lipinski definition) is 7. The molecular formula is C32H36N2O6. The standard InChI is InChI=1S/C32H36N2O6/c1-20(35)39-28-29(40-21(2)36)32(5,6)27-18-25(19-34-16-8-15-33-34)24(17-26(27)31(28,3)4)14-11-22-9-12-23(13-10-22)30(37)38-7/h8-18,28-29H,19H2,1-7H3/b14-11+/t28-,29+/m1/s1. The predicted octanol–water partition coefficient (Wildman–Crippen LogP) is 5.32. The van der Waals surface area contributed by atoms with E-state index in [4.69, 9.17) is 14.2 Å². The second kappa shape index (κ2) is 11.1. The summed E-state index contributed by atoms with van der Waals surface area (Å²) in [6.07, 6.45) is 6.31. The number of rotatable bonds is 7. The lowest BCUT2D eigenvalue weighted by Crippen LogP contribution is -2.59. The molecule has 210 valence electrons. The minimum Gasteiger partial charge on any atom is -0.465 e. The molecule has 8 nitrogen and oxygen atoms in total. The summed E-state index contributed by atoms with van der Waals surface area (Å²) < 4.78 is 18.4. The van der Waals surface area contributed by atoms with Crippen LogP contribution in [0.2, 0.25) is 0 Å². The average Bonchev–Trinajstić information content (AvgIpc) is 3.41. The van der Waals surface area contributed by atoms with Crippen LogP contribution in [0.15, 0.2) is 54.9 Å². The number of benzene rings is 2. The number of aromatic nitrogens is 2. The van der Waals surface area contributed by atoms with Crippen LogP contribution in [0.4, 0.5) is 0 Å². The normalized spacial score (nSPS) is 19.1. The summed E-state index contributed by atoms with van der Waals surface area (Å²) in [7, 11) is 1.36. The number of carbonyl (C=O) groups excluding carboxylic acids is 3. The first-order chi connectivity index (χ1) is 18.8. The fourth-order valence-electron chi connectivity index (χ4n) is 5.46. The number of ether oxygens (including phenoxy) is 3. The van der Waals surface area contributed by atoms with E-state index in [0.717, 1.165) is 27.8 Å². The van der Waals surface area contributed by atoms with Crippen molar-refractivity contribution in [2.75, 3.05) is 7.11 Å². The van der Waals surface area contributed by atoms with Gasteiger partial charge in [0.1, 0.15) is 12.2 Å². The number of esters is 3. The van der Waals surface area contributed by atoms with Crippen LogP contribution in [0.1, 0.15) is 79.7 Å². The van der Waals surface area contributed by atoms with Gasteiger partial charge >= 0.3 is 17.9 Å². The molecule has 0 bridgehead atoms. The summed E-state index contributed by atoms with van der Waals surface area (Å²) >= 11 is 0. The van der Waals surface area contributed by atoms with Crippen molar-refractivity contribution >= 4 is 30.1 Å². The molecule has 1 heterocycles. The molecule has 0 radical (unpaired) electrons. The van der Waals surface area contributed by atoms with Gasteiger partial charge in [-0.3, -0.25) is 14.3 Å². The van der Waals surface area contributed by atoms with E-state index in [0.29, 0.717) is 12.1 Å². The maximum atomic E-state index is 12.2. The summed E-state index contributed by atoms with van der Waals surface area (Å²) in [5.41, 5.74) is 4.13. The average molecular weight is 545 g/mol. The number of nitrogens with zero attached hydrogens (tertiary/aromatic N) is 2. The molecule has 40 heavy (non-hydrogen) atoms. The van der Waals surface area contributed by atoms with E-state index < -0.39 is 35.0 Å². The van der Waals surface area contributed by atoms with Gasteiger partial charge in [0.15, 0.2) is 0 Å². The van der Waals surface area contributed by atoms with E-state index in [9.17, 15) is 14.4 Å². The smallest absolute Gasteiger partial charge is 0.337 e. The highest BCUT2D eigenvalue weighted by molar-refractivity contribution is 5.89. The minimum atomic E-state index is -0.684. The third kappa shape index (κ3) is 5.71. The van der Waals surface area contributed by atoms with Crippen molar-refractivity contribution in [2.45, 2.75) is 71.1 Å². The second-order valence-corrected chi connectivity index (χ2v) is 11.3. The van der Waals surface area contributed by atoms with Gasteiger partial charge in [-0.25, -0.2) is 4.79 Å². The van der Waals surface area contributed by atoms with Gasteiger partial charge in [0.05, 0.1) is 19.2 Å². The Hall–Kier alpha value is -4.20.